The van der Waals surface area contributed by atoms with E-state index in [1.54, 1.807) is 17.5 Å². The first-order valence-corrected chi connectivity index (χ1v) is 11.2. The second-order valence-electron chi connectivity index (χ2n) is 8.07. The molecule has 1 N–H and O–H groups in total. The summed E-state index contributed by atoms with van der Waals surface area (Å²) < 4.78 is 9.68. The lowest BCUT2D eigenvalue weighted by Crippen LogP contribution is -2.50. The van der Waals surface area contributed by atoms with Crippen LogP contribution in [0.5, 0.6) is 0 Å². The number of aryl methyl sites for hydroxylation is 2. The molecule has 1 atom stereocenters. The highest BCUT2D eigenvalue weighted by Gasteiger charge is 2.38. The fourth-order valence-electron chi connectivity index (χ4n) is 3.16. The Labute approximate surface area is 186 Å². The minimum Gasteiger partial charge on any atom is -0.464 e. The molecule has 31 heavy (non-hydrogen) atoms. The van der Waals surface area contributed by atoms with Crippen molar-refractivity contribution < 1.29 is 14.0 Å². The van der Waals surface area contributed by atoms with Crippen LogP contribution in [0.25, 0.3) is 0 Å². The standard InChI is InChI=1S/C23H28N4O3S/c1-6-16-9-8-10-17(13-16)27(22(29)18-14-31-26-25-18)20(19-12-11-15(3)30-19)21(28)24-23(4,5)7-2/h8-14,20H,6-7H2,1-5H3,(H,24,28)/t20-/m1/s1. The summed E-state index contributed by atoms with van der Waals surface area (Å²) >= 11 is 1.09. The summed E-state index contributed by atoms with van der Waals surface area (Å²) in [5.74, 6) is 0.318. The zero-order valence-electron chi connectivity index (χ0n) is 18.5. The third-order valence-electron chi connectivity index (χ3n) is 5.28. The molecule has 0 aliphatic heterocycles. The maximum absolute atomic E-state index is 13.6. The highest BCUT2D eigenvalue weighted by molar-refractivity contribution is 7.03. The van der Waals surface area contributed by atoms with E-state index in [2.05, 4.69) is 14.9 Å². The van der Waals surface area contributed by atoms with Crippen LogP contribution in [0.2, 0.25) is 0 Å². The molecule has 2 heterocycles. The average molecular weight is 441 g/mol. The van der Waals surface area contributed by atoms with Gasteiger partial charge in [0.25, 0.3) is 11.8 Å². The van der Waals surface area contributed by atoms with Gasteiger partial charge in [-0.1, -0.05) is 30.5 Å². The summed E-state index contributed by atoms with van der Waals surface area (Å²) in [5.41, 5.74) is 1.39. The highest BCUT2D eigenvalue weighted by atomic mass is 32.1. The lowest BCUT2D eigenvalue weighted by molar-refractivity contribution is -0.124. The Kier molecular flexibility index (Phi) is 6.90. The summed E-state index contributed by atoms with van der Waals surface area (Å²) in [4.78, 5) is 28.6. The Morgan fingerprint density at radius 2 is 2.00 bits per heavy atom. The van der Waals surface area contributed by atoms with Crippen LogP contribution in [0.1, 0.15) is 67.7 Å². The Balaban J connectivity index is 2.16. The van der Waals surface area contributed by atoms with E-state index in [9.17, 15) is 9.59 Å². The molecule has 2 aromatic heterocycles. The summed E-state index contributed by atoms with van der Waals surface area (Å²) in [6, 6.07) is 10.1. The first kappa shape index (κ1) is 22.7. The number of hydrogen-bond donors (Lipinski definition) is 1. The molecule has 0 saturated carbocycles. The van der Waals surface area contributed by atoms with E-state index in [1.807, 2.05) is 58.9 Å². The fourth-order valence-corrected chi connectivity index (χ4v) is 3.59. The number of hydrogen-bond acceptors (Lipinski definition) is 6. The number of nitrogens with one attached hydrogen (secondary N) is 1. The van der Waals surface area contributed by atoms with E-state index < -0.39 is 17.5 Å². The zero-order valence-corrected chi connectivity index (χ0v) is 19.3. The van der Waals surface area contributed by atoms with Crippen LogP contribution in [-0.4, -0.2) is 26.9 Å². The molecule has 0 spiro atoms. The first-order chi connectivity index (χ1) is 14.8. The number of carbonyl (C=O) groups excluding carboxylic acids is 2. The number of nitrogens with zero attached hydrogens (tertiary/aromatic N) is 3. The number of anilines is 1. The molecule has 0 aliphatic carbocycles. The van der Waals surface area contributed by atoms with Gasteiger partial charge >= 0.3 is 0 Å². The predicted molar refractivity (Wildman–Crippen MR) is 121 cm³/mol. The molecule has 0 aliphatic rings. The second kappa shape index (κ2) is 9.43. The molecule has 0 saturated heterocycles. The molecule has 164 valence electrons. The van der Waals surface area contributed by atoms with Crippen molar-refractivity contribution in [2.45, 2.75) is 59.0 Å². The molecule has 3 aromatic rings. The van der Waals surface area contributed by atoms with Gasteiger partial charge in [-0.15, -0.1) is 5.10 Å². The molecule has 0 bridgehead atoms. The Bertz CT molecular complexity index is 1040. The largest absolute Gasteiger partial charge is 0.464 e. The molecular formula is C23H28N4O3S. The number of furan rings is 1. The van der Waals surface area contributed by atoms with Crippen molar-refractivity contribution in [2.24, 2.45) is 0 Å². The maximum atomic E-state index is 13.6. The third-order valence-corrected chi connectivity index (χ3v) is 5.78. The van der Waals surface area contributed by atoms with E-state index in [-0.39, 0.29) is 11.6 Å². The fraction of sp³-hybridized carbons (Fsp3) is 0.391. The Morgan fingerprint density at radius 3 is 2.58 bits per heavy atom. The first-order valence-electron chi connectivity index (χ1n) is 10.3. The molecule has 7 nitrogen and oxygen atoms in total. The van der Waals surface area contributed by atoms with Crippen molar-refractivity contribution in [3.63, 3.8) is 0 Å². The smallest absolute Gasteiger partial charge is 0.280 e. The van der Waals surface area contributed by atoms with E-state index in [1.165, 1.54) is 4.90 Å². The predicted octanol–water partition coefficient (Wildman–Crippen LogP) is 4.69. The second-order valence-corrected chi connectivity index (χ2v) is 8.68. The van der Waals surface area contributed by atoms with E-state index in [4.69, 9.17) is 4.42 Å². The summed E-state index contributed by atoms with van der Waals surface area (Å²) in [5, 5.41) is 8.60. The quantitative estimate of drug-likeness (QED) is 0.549. The van der Waals surface area contributed by atoms with Crippen LogP contribution >= 0.6 is 11.5 Å². The average Bonchev–Trinajstić information content (AvgIpc) is 3.43. The molecule has 0 radical (unpaired) electrons. The van der Waals surface area contributed by atoms with Gasteiger partial charge in [-0.3, -0.25) is 14.5 Å². The van der Waals surface area contributed by atoms with Crippen LogP contribution in [0.15, 0.2) is 46.2 Å². The molecule has 3 rings (SSSR count). The van der Waals surface area contributed by atoms with Gasteiger partial charge in [-0.2, -0.15) is 0 Å². The molecule has 2 amide bonds. The Hall–Kier alpha value is -3.00. The van der Waals surface area contributed by atoms with Crippen LogP contribution in [0.4, 0.5) is 5.69 Å². The van der Waals surface area contributed by atoms with Gasteiger partial charge < -0.3 is 9.73 Å². The van der Waals surface area contributed by atoms with Crippen molar-refractivity contribution in [1.29, 1.82) is 0 Å². The van der Waals surface area contributed by atoms with Gasteiger partial charge in [-0.25, -0.2) is 0 Å². The molecule has 0 unspecified atom stereocenters. The van der Waals surface area contributed by atoms with Crippen LogP contribution < -0.4 is 10.2 Å². The van der Waals surface area contributed by atoms with Gasteiger partial charge in [-0.05, 0) is 75.0 Å². The van der Waals surface area contributed by atoms with Gasteiger partial charge in [0.15, 0.2) is 11.7 Å². The normalized spacial score (nSPS) is 12.4. The van der Waals surface area contributed by atoms with Crippen molar-refractivity contribution in [1.82, 2.24) is 14.9 Å². The molecular weight excluding hydrogens is 412 g/mol. The van der Waals surface area contributed by atoms with Crippen LogP contribution in [0.3, 0.4) is 0 Å². The number of benzene rings is 1. The van der Waals surface area contributed by atoms with E-state index in [0.717, 1.165) is 29.9 Å². The minimum atomic E-state index is -0.999. The van der Waals surface area contributed by atoms with Crippen LogP contribution in [-0.2, 0) is 11.2 Å². The lowest BCUT2D eigenvalue weighted by atomic mass is 10.00. The topological polar surface area (TPSA) is 88.3 Å². The number of rotatable bonds is 8. The molecule has 0 fully saturated rings. The van der Waals surface area contributed by atoms with Crippen molar-refractivity contribution in [3.8, 4) is 0 Å². The SMILES string of the molecule is CCc1cccc(N(C(=O)c2csnn2)[C@@H](C(=O)NC(C)(C)CC)c2ccc(C)o2)c1. The van der Waals surface area contributed by atoms with Crippen molar-refractivity contribution >= 4 is 29.0 Å². The molecule has 8 heteroatoms. The number of amides is 2. The van der Waals surface area contributed by atoms with Gasteiger partial charge in [0.05, 0.1) is 0 Å². The van der Waals surface area contributed by atoms with Gasteiger partial charge in [0, 0.05) is 16.6 Å². The Morgan fingerprint density at radius 1 is 1.23 bits per heavy atom. The van der Waals surface area contributed by atoms with Gasteiger partial charge in [0.2, 0.25) is 0 Å². The van der Waals surface area contributed by atoms with E-state index >= 15 is 0 Å². The van der Waals surface area contributed by atoms with Crippen LogP contribution in [0, 0.1) is 6.92 Å². The zero-order chi connectivity index (χ0) is 22.6. The van der Waals surface area contributed by atoms with Crippen molar-refractivity contribution in [3.05, 3.63) is 64.6 Å². The number of aromatic nitrogens is 2. The summed E-state index contributed by atoms with van der Waals surface area (Å²) in [7, 11) is 0. The molecule has 1 aromatic carbocycles. The van der Waals surface area contributed by atoms with Gasteiger partial charge in [0.1, 0.15) is 11.5 Å². The lowest BCUT2D eigenvalue weighted by Gasteiger charge is -2.33. The van der Waals surface area contributed by atoms with Crippen molar-refractivity contribution in [2.75, 3.05) is 4.90 Å². The highest BCUT2D eigenvalue weighted by Crippen LogP contribution is 2.32. The maximum Gasteiger partial charge on any atom is 0.280 e. The number of carbonyl (C=O) groups is 2. The monoisotopic (exact) mass is 440 g/mol. The summed E-state index contributed by atoms with van der Waals surface area (Å²) in [6.07, 6.45) is 1.53. The minimum absolute atomic E-state index is 0.183. The van der Waals surface area contributed by atoms with E-state index in [0.29, 0.717) is 17.2 Å². The third kappa shape index (κ3) is 5.19. The summed E-state index contributed by atoms with van der Waals surface area (Å²) in [6.45, 7) is 9.75.